The zero-order valence-electron chi connectivity index (χ0n) is 13.1. The molecule has 24 heavy (non-hydrogen) atoms. The highest BCUT2D eigenvalue weighted by Crippen LogP contribution is 2.55. The van der Waals surface area contributed by atoms with Crippen molar-refractivity contribution < 1.29 is 34.3 Å². The van der Waals surface area contributed by atoms with Gasteiger partial charge in [0, 0.05) is 0 Å². The third kappa shape index (κ3) is 2.34. The van der Waals surface area contributed by atoms with Gasteiger partial charge in [-0.3, -0.25) is 4.79 Å². The number of phenolic OH excluding ortho intramolecular Hbond substituents is 3. The quantitative estimate of drug-likeness (QED) is 0.793. The minimum atomic E-state index is -0.633. The normalized spacial score (nSPS) is 16.2. The van der Waals surface area contributed by atoms with Crippen molar-refractivity contribution in [2.24, 2.45) is 0 Å². The SMILES string of the molecule is COc1c(O)c(OC)c2c(c1O)C(=O)CC(c1ccc(O)cc1)O2. The first-order valence-corrected chi connectivity index (χ1v) is 7.16. The summed E-state index contributed by atoms with van der Waals surface area (Å²) in [6, 6.07) is 6.24. The average molecular weight is 332 g/mol. The number of methoxy groups -OCH3 is 2. The maximum atomic E-state index is 12.5. The van der Waals surface area contributed by atoms with Crippen molar-refractivity contribution in [3.05, 3.63) is 35.4 Å². The van der Waals surface area contributed by atoms with Crippen molar-refractivity contribution in [2.75, 3.05) is 14.2 Å². The van der Waals surface area contributed by atoms with Crippen molar-refractivity contribution >= 4 is 5.78 Å². The summed E-state index contributed by atoms with van der Waals surface area (Å²) in [5.41, 5.74) is 0.583. The van der Waals surface area contributed by atoms with E-state index < -0.39 is 17.6 Å². The molecule has 3 N–H and O–H groups in total. The van der Waals surface area contributed by atoms with Gasteiger partial charge in [0.1, 0.15) is 17.4 Å². The highest BCUT2D eigenvalue weighted by Gasteiger charge is 2.37. The number of Topliss-reactive ketones (excluding diaryl/α,β-unsaturated/α-hetero) is 1. The third-order valence-electron chi connectivity index (χ3n) is 3.90. The number of hydrogen-bond donors (Lipinski definition) is 3. The first-order valence-electron chi connectivity index (χ1n) is 7.16. The van der Waals surface area contributed by atoms with Gasteiger partial charge in [-0.25, -0.2) is 0 Å². The zero-order chi connectivity index (χ0) is 17.4. The second kappa shape index (κ2) is 5.84. The lowest BCUT2D eigenvalue weighted by molar-refractivity contribution is 0.0834. The van der Waals surface area contributed by atoms with Crippen molar-refractivity contribution in [1.29, 1.82) is 0 Å². The maximum Gasteiger partial charge on any atom is 0.208 e. The monoisotopic (exact) mass is 332 g/mol. The number of phenols is 3. The molecule has 7 heteroatoms. The molecule has 0 saturated heterocycles. The van der Waals surface area contributed by atoms with Gasteiger partial charge in [0.05, 0.1) is 20.6 Å². The van der Waals surface area contributed by atoms with Gasteiger partial charge >= 0.3 is 0 Å². The van der Waals surface area contributed by atoms with E-state index in [-0.39, 0.29) is 40.8 Å². The van der Waals surface area contributed by atoms with E-state index in [2.05, 4.69) is 0 Å². The topological polar surface area (TPSA) is 105 Å². The smallest absolute Gasteiger partial charge is 0.208 e. The van der Waals surface area contributed by atoms with Gasteiger partial charge in [0.2, 0.25) is 17.2 Å². The van der Waals surface area contributed by atoms with Crippen LogP contribution in [0.1, 0.15) is 28.4 Å². The molecule has 2 aromatic carbocycles. The van der Waals surface area contributed by atoms with Gasteiger partial charge in [-0.05, 0) is 17.7 Å². The lowest BCUT2D eigenvalue weighted by Gasteiger charge is -2.28. The van der Waals surface area contributed by atoms with Crippen molar-refractivity contribution in [3.8, 4) is 34.5 Å². The Kier molecular flexibility index (Phi) is 3.84. The van der Waals surface area contributed by atoms with Crippen LogP contribution in [-0.2, 0) is 0 Å². The number of aromatic hydroxyl groups is 3. The molecule has 0 amide bonds. The van der Waals surface area contributed by atoms with Crippen molar-refractivity contribution in [1.82, 2.24) is 0 Å². The predicted molar refractivity (Wildman–Crippen MR) is 83.3 cm³/mol. The molecule has 1 aliphatic rings. The van der Waals surface area contributed by atoms with Crippen LogP contribution in [0.15, 0.2) is 24.3 Å². The molecule has 0 aliphatic carbocycles. The summed E-state index contributed by atoms with van der Waals surface area (Å²) in [6.45, 7) is 0. The lowest BCUT2D eigenvalue weighted by atomic mass is 9.94. The van der Waals surface area contributed by atoms with Crippen LogP contribution in [0.5, 0.6) is 34.5 Å². The molecular weight excluding hydrogens is 316 g/mol. The summed E-state index contributed by atoms with van der Waals surface area (Å²) < 4.78 is 15.9. The van der Waals surface area contributed by atoms with Crippen LogP contribution in [0.25, 0.3) is 0 Å². The summed E-state index contributed by atoms with van der Waals surface area (Å²) in [5, 5.41) is 29.8. The Morgan fingerprint density at radius 2 is 1.62 bits per heavy atom. The van der Waals surface area contributed by atoms with Gasteiger partial charge in [-0.2, -0.15) is 0 Å². The number of carbonyl (C=O) groups excluding carboxylic acids is 1. The standard InChI is InChI=1S/C17H16O7/c1-22-16-13(20)12-10(19)7-11(8-3-5-9(18)6-4-8)24-15(12)17(23-2)14(16)21/h3-6,11,18,20-21H,7H2,1-2H3. The average Bonchev–Trinajstić information content (AvgIpc) is 2.55. The minimum Gasteiger partial charge on any atom is -0.508 e. The number of fused-ring (bicyclic) bond motifs is 1. The minimum absolute atomic E-state index is 0.0115. The molecule has 7 nitrogen and oxygen atoms in total. The number of benzene rings is 2. The van der Waals surface area contributed by atoms with Crippen molar-refractivity contribution in [2.45, 2.75) is 12.5 Å². The van der Waals surface area contributed by atoms with E-state index in [0.29, 0.717) is 5.56 Å². The molecule has 0 radical (unpaired) electrons. The molecule has 126 valence electrons. The van der Waals surface area contributed by atoms with Crippen LogP contribution in [0.4, 0.5) is 0 Å². The van der Waals surface area contributed by atoms with Crippen LogP contribution in [0, 0.1) is 0 Å². The Hall–Kier alpha value is -3.09. The molecule has 3 rings (SSSR count). The van der Waals surface area contributed by atoms with Crippen LogP contribution in [0.2, 0.25) is 0 Å². The fourth-order valence-electron chi connectivity index (χ4n) is 2.74. The molecule has 1 aliphatic heterocycles. The van der Waals surface area contributed by atoms with Gasteiger partial charge < -0.3 is 29.5 Å². The summed E-state index contributed by atoms with van der Waals surface area (Å²) in [6.07, 6.45) is -0.644. The molecule has 1 atom stereocenters. The third-order valence-corrected chi connectivity index (χ3v) is 3.90. The van der Waals surface area contributed by atoms with Crippen LogP contribution in [0.3, 0.4) is 0 Å². The van der Waals surface area contributed by atoms with Gasteiger partial charge in [-0.15, -0.1) is 0 Å². The van der Waals surface area contributed by atoms with E-state index in [1.54, 1.807) is 12.1 Å². The van der Waals surface area contributed by atoms with E-state index in [1.165, 1.54) is 26.4 Å². The first kappa shape index (κ1) is 15.8. The number of ether oxygens (including phenoxy) is 3. The Morgan fingerprint density at radius 3 is 2.21 bits per heavy atom. The van der Waals surface area contributed by atoms with E-state index in [0.717, 1.165) is 0 Å². The number of carbonyl (C=O) groups is 1. The van der Waals surface area contributed by atoms with Crippen LogP contribution >= 0.6 is 0 Å². The molecule has 1 heterocycles. The van der Waals surface area contributed by atoms with E-state index in [9.17, 15) is 20.1 Å². The molecule has 2 aromatic rings. The van der Waals surface area contributed by atoms with Gasteiger partial charge in [0.15, 0.2) is 17.3 Å². The maximum absolute atomic E-state index is 12.5. The van der Waals surface area contributed by atoms with Crippen LogP contribution < -0.4 is 14.2 Å². The first-order chi connectivity index (χ1) is 11.5. The highest BCUT2D eigenvalue weighted by atomic mass is 16.5. The molecule has 0 bridgehead atoms. The Bertz CT molecular complexity index is 796. The lowest BCUT2D eigenvalue weighted by Crippen LogP contribution is -2.21. The van der Waals surface area contributed by atoms with Gasteiger partial charge in [0.25, 0.3) is 0 Å². The van der Waals surface area contributed by atoms with Gasteiger partial charge in [-0.1, -0.05) is 12.1 Å². The molecule has 0 aromatic heterocycles. The molecule has 0 saturated carbocycles. The summed E-state index contributed by atoms with van der Waals surface area (Å²) >= 11 is 0. The Morgan fingerprint density at radius 1 is 1.00 bits per heavy atom. The largest absolute Gasteiger partial charge is 0.508 e. The fourth-order valence-corrected chi connectivity index (χ4v) is 2.74. The Labute approximate surface area is 137 Å². The fraction of sp³-hybridized carbons (Fsp3) is 0.235. The number of hydrogen-bond acceptors (Lipinski definition) is 7. The summed E-state index contributed by atoms with van der Waals surface area (Å²) in [7, 11) is 2.57. The molecule has 0 spiro atoms. The zero-order valence-corrected chi connectivity index (χ0v) is 13.1. The predicted octanol–water partition coefficient (Wildman–Crippen LogP) is 2.53. The summed E-state index contributed by atoms with van der Waals surface area (Å²) in [4.78, 5) is 12.5. The number of rotatable bonds is 3. The van der Waals surface area contributed by atoms with Crippen LogP contribution in [-0.4, -0.2) is 35.3 Å². The Balaban J connectivity index is 2.13. The molecular formula is C17H16O7. The van der Waals surface area contributed by atoms with E-state index >= 15 is 0 Å². The van der Waals surface area contributed by atoms with E-state index in [4.69, 9.17) is 14.2 Å². The van der Waals surface area contributed by atoms with E-state index in [1.807, 2.05) is 0 Å². The van der Waals surface area contributed by atoms with Crippen molar-refractivity contribution in [3.63, 3.8) is 0 Å². The summed E-state index contributed by atoms with van der Waals surface area (Å²) in [5.74, 6) is -1.58. The second-order valence-corrected chi connectivity index (χ2v) is 5.29. The second-order valence-electron chi connectivity index (χ2n) is 5.29. The molecule has 0 fully saturated rings. The number of ketones is 1. The molecule has 1 unspecified atom stereocenters. The highest BCUT2D eigenvalue weighted by molar-refractivity contribution is 6.05.